The van der Waals surface area contributed by atoms with Crippen molar-refractivity contribution in [2.24, 2.45) is 0 Å². The Kier molecular flexibility index (Phi) is 5.06. The van der Waals surface area contributed by atoms with Gasteiger partial charge in [-0.2, -0.15) is 4.98 Å². The number of benzene rings is 2. The molecule has 0 atom stereocenters. The van der Waals surface area contributed by atoms with Crippen molar-refractivity contribution >= 4 is 11.6 Å². The van der Waals surface area contributed by atoms with Gasteiger partial charge >= 0.3 is 0 Å². The fourth-order valence-corrected chi connectivity index (χ4v) is 2.31. The molecule has 3 aromatic rings. The normalized spacial score (nSPS) is 11.0. The molecule has 3 rings (SSSR count). The van der Waals surface area contributed by atoms with Crippen molar-refractivity contribution < 1.29 is 22.3 Å². The lowest BCUT2D eigenvalue weighted by atomic mass is 10.2. The number of ether oxygens (including phenoxy) is 1. The first-order valence-corrected chi connectivity index (χ1v) is 7.57. The topological polar surface area (TPSA) is 52.0 Å². The van der Waals surface area contributed by atoms with Crippen LogP contribution in [0.1, 0.15) is 5.56 Å². The van der Waals surface area contributed by atoms with Crippen LogP contribution in [0.15, 0.2) is 42.7 Å². The van der Waals surface area contributed by atoms with E-state index < -0.39 is 24.7 Å². The number of rotatable bonds is 6. The standard InChI is InChI=1S/C17H14F4N4O/c1-10-2-13(7-15(3-10)26-8-16(20)21)23-17-22-9-25(24-17)14-5-11(18)4-12(19)6-14/h2-7,9,16H,8H2,1H3,(H,23,24). The number of nitrogens with one attached hydrogen (secondary N) is 1. The van der Waals surface area contributed by atoms with E-state index in [0.717, 1.165) is 23.8 Å². The van der Waals surface area contributed by atoms with Gasteiger partial charge in [0, 0.05) is 17.8 Å². The molecule has 136 valence electrons. The summed E-state index contributed by atoms with van der Waals surface area (Å²) in [6.07, 6.45) is -1.28. The Labute approximate surface area is 146 Å². The summed E-state index contributed by atoms with van der Waals surface area (Å²) >= 11 is 0. The number of anilines is 2. The summed E-state index contributed by atoms with van der Waals surface area (Å²) in [7, 11) is 0. The maximum absolute atomic E-state index is 13.3. The lowest BCUT2D eigenvalue weighted by molar-refractivity contribution is 0.0819. The maximum atomic E-state index is 13.3. The van der Waals surface area contributed by atoms with Crippen LogP contribution in [-0.4, -0.2) is 27.8 Å². The molecule has 26 heavy (non-hydrogen) atoms. The highest BCUT2D eigenvalue weighted by Gasteiger charge is 2.09. The van der Waals surface area contributed by atoms with Gasteiger partial charge in [0.2, 0.25) is 5.95 Å². The summed E-state index contributed by atoms with van der Waals surface area (Å²) in [5.74, 6) is -1.02. The third-order valence-electron chi connectivity index (χ3n) is 3.29. The van der Waals surface area contributed by atoms with E-state index in [4.69, 9.17) is 4.74 Å². The summed E-state index contributed by atoms with van der Waals surface area (Å²) < 4.78 is 57.4. The van der Waals surface area contributed by atoms with E-state index in [2.05, 4.69) is 15.4 Å². The summed E-state index contributed by atoms with van der Waals surface area (Å²) in [5, 5.41) is 6.99. The second-order valence-corrected chi connectivity index (χ2v) is 5.50. The van der Waals surface area contributed by atoms with Crippen molar-refractivity contribution in [1.29, 1.82) is 0 Å². The Hall–Kier alpha value is -3.10. The molecule has 0 amide bonds. The van der Waals surface area contributed by atoms with E-state index in [0.29, 0.717) is 5.69 Å². The largest absolute Gasteiger partial charge is 0.488 e. The molecule has 0 bridgehead atoms. The zero-order valence-electron chi connectivity index (χ0n) is 13.6. The van der Waals surface area contributed by atoms with Crippen LogP contribution in [0, 0.1) is 18.6 Å². The highest BCUT2D eigenvalue weighted by molar-refractivity contribution is 5.57. The van der Waals surface area contributed by atoms with E-state index in [9.17, 15) is 17.6 Å². The average Bonchev–Trinajstić information content (AvgIpc) is 3.00. The molecule has 0 saturated carbocycles. The molecule has 0 aliphatic carbocycles. The molecule has 0 radical (unpaired) electrons. The molecule has 1 heterocycles. The van der Waals surface area contributed by atoms with Crippen LogP contribution in [0.5, 0.6) is 5.75 Å². The summed E-state index contributed by atoms with van der Waals surface area (Å²) in [4.78, 5) is 4.02. The Balaban J connectivity index is 1.78. The van der Waals surface area contributed by atoms with Crippen molar-refractivity contribution in [1.82, 2.24) is 14.8 Å². The fourth-order valence-electron chi connectivity index (χ4n) is 2.31. The SMILES string of the molecule is Cc1cc(Nc2ncn(-c3cc(F)cc(F)c3)n2)cc(OCC(F)F)c1. The van der Waals surface area contributed by atoms with E-state index in [1.807, 2.05) is 0 Å². The van der Waals surface area contributed by atoms with E-state index in [1.165, 1.54) is 17.1 Å². The molecule has 0 saturated heterocycles. The summed E-state index contributed by atoms with van der Waals surface area (Å²) in [6.45, 7) is 1.07. The number of hydrogen-bond donors (Lipinski definition) is 1. The van der Waals surface area contributed by atoms with Gasteiger partial charge in [0.15, 0.2) is 0 Å². The van der Waals surface area contributed by atoms with Gasteiger partial charge in [-0.15, -0.1) is 5.10 Å². The zero-order valence-corrected chi connectivity index (χ0v) is 13.6. The van der Waals surface area contributed by atoms with Gasteiger partial charge in [0.25, 0.3) is 6.43 Å². The van der Waals surface area contributed by atoms with Gasteiger partial charge in [-0.25, -0.2) is 22.2 Å². The van der Waals surface area contributed by atoms with Gasteiger partial charge in [0.1, 0.15) is 30.3 Å². The summed E-state index contributed by atoms with van der Waals surface area (Å²) in [6, 6.07) is 7.88. The molecule has 1 N–H and O–H groups in total. The zero-order chi connectivity index (χ0) is 18.7. The lowest BCUT2D eigenvalue weighted by Gasteiger charge is -2.09. The van der Waals surface area contributed by atoms with E-state index in [-0.39, 0.29) is 17.4 Å². The molecular formula is C17H14F4N4O. The Morgan fingerprint density at radius 3 is 2.50 bits per heavy atom. The maximum Gasteiger partial charge on any atom is 0.272 e. The first-order chi connectivity index (χ1) is 12.4. The second-order valence-electron chi connectivity index (χ2n) is 5.50. The summed E-state index contributed by atoms with van der Waals surface area (Å²) in [5.41, 5.74) is 1.48. The molecule has 0 aliphatic heterocycles. The highest BCUT2D eigenvalue weighted by atomic mass is 19.3. The average molecular weight is 366 g/mol. The lowest BCUT2D eigenvalue weighted by Crippen LogP contribution is -2.07. The fraction of sp³-hybridized carbons (Fsp3) is 0.176. The molecule has 0 fully saturated rings. The molecule has 0 aliphatic rings. The van der Waals surface area contributed by atoms with Crippen LogP contribution >= 0.6 is 0 Å². The molecule has 2 aromatic carbocycles. The number of alkyl halides is 2. The minimum Gasteiger partial charge on any atom is -0.488 e. The monoisotopic (exact) mass is 366 g/mol. The smallest absolute Gasteiger partial charge is 0.272 e. The minimum absolute atomic E-state index is 0.167. The van der Waals surface area contributed by atoms with Gasteiger partial charge in [-0.1, -0.05) is 0 Å². The van der Waals surface area contributed by atoms with Gasteiger partial charge in [-0.3, -0.25) is 0 Å². The Morgan fingerprint density at radius 2 is 1.81 bits per heavy atom. The van der Waals surface area contributed by atoms with Crippen LogP contribution in [0.25, 0.3) is 5.69 Å². The number of halogens is 4. The van der Waals surface area contributed by atoms with Crippen molar-refractivity contribution in [3.8, 4) is 11.4 Å². The third kappa shape index (κ3) is 4.50. The minimum atomic E-state index is -2.57. The van der Waals surface area contributed by atoms with Crippen molar-refractivity contribution in [3.05, 3.63) is 59.9 Å². The molecule has 9 heteroatoms. The van der Waals surface area contributed by atoms with Crippen molar-refractivity contribution in [2.75, 3.05) is 11.9 Å². The van der Waals surface area contributed by atoms with E-state index >= 15 is 0 Å². The first-order valence-electron chi connectivity index (χ1n) is 7.57. The predicted molar refractivity (Wildman–Crippen MR) is 87.2 cm³/mol. The molecule has 0 unspecified atom stereocenters. The van der Waals surface area contributed by atoms with Crippen molar-refractivity contribution in [3.63, 3.8) is 0 Å². The number of aromatic nitrogens is 3. The van der Waals surface area contributed by atoms with Crippen LogP contribution in [0.2, 0.25) is 0 Å². The second kappa shape index (κ2) is 7.42. The van der Waals surface area contributed by atoms with Gasteiger partial charge in [0.05, 0.1) is 5.69 Å². The first kappa shape index (κ1) is 17.7. The van der Waals surface area contributed by atoms with Crippen LogP contribution < -0.4 is 10.1 Å². The highest BCUT2D eigenvalue weighted by Crippen LogP contribution is 2.23. The molecule has 0 spiro atoms. The van der Waals surface area contributed by atoms with Crippen LogP contribution in [-0.2, 0) is 0 Å². The van der Waals surface area contributed by atoms with E-state index in [1.54, 1.807) is 19.1 Å². The van der Waals surface area contributed by atoms with Crippen LogP contribution in [0.4, 0.5) is 29.2 Å². The quantitative estimate of drug-likeness (QED) is 0.663. The number of aryl methyl sites for hydroxylation is 1. The molecule has 5 nitrogen and oxygen atoms in total. The number of nitrogens with zero attached hydrogens (tertiary/aromatic N) is 3. The Morgan fingerprint density at radius 1 is 1.08 bits per heavy atom. The third-order valence-corrected chi connectivity index (χ3v) is 3.29. The van der Waals surface area contributed by atoms with Crippen LogP contribution in [0.3, 0.4) is 0 Å². The predicted octanol–water partition coefficient (Wildman–Crippen LogP) is 4.24. The number of hydrogen-bond acceptors (Lipinski definition) is 4. The van der Waals surface area contributed by atoms with Crippen molar-refractivity contribution in [2.45, 2.75) is 13.3 Å². The molecule has 1 aromatic heterocycles. The Bertz CT molecular complexity index is 893. The van der Waals surface area contributed by atoms with Gasteiger partial charge < -0.3 is 10.1 Å². The molecular weight excluding hydrogens is 352 g/mol. The van der Waals surface area contributed by atoms with Gasteiger partial charge in [-0.05, 0) is 36.8 Å².